The van der Waals surface area contributed by atoms with E-state index in [-0.39, 0.29) is 5.82 Å². The van der Waals surface area contributed by atoms with Crippen molar-refractivity contribution >= 4 is 29.1 Å². The molecule has 1 aliphatic rings. The number of halogens is 1. The lowest BCUT2D eigenvalue weighted by atomic mass is 9.92. The van der Waals surface area contributed by atoms with E-state index < -0.39 is 0 Å². The highest BCUT2D eigenvalue weighted by Gasteiger charge is 2.10. The van der Waals surface area contributed by atoms with E-state index in [9.17, 15) is 4.39 Å². The SMILES string of the molecule is Cc1cc(/C(c2ccc(N(C)C)cc2)=c2\ccc3c(c2)C=CC(=N)C=3)ccc1F. The molecule has 2 nitrogen and oxygen atoms in total. The number of hydrogen-bond acceptors (Lipinski definition) is 2. The highest BCUT2D eigenvalue weighted by Crippen LogP contribution is 2.25. The van der Waals surface area contributed by atoms with Gasteiger partial charge in [0.05, 0.1) is 5.71 Å². The monoisotopic (exact) mass is 382 g/mol. The molecule has 0 saturated heterocycles. The third-order valence-corrected chi connectivity index (χ3v) is 5.25. The molecule has 144 valence electrons. The molecule has 1 aliphatic carbocycles. The standard InChI is InChI=1S/C26H23FN2/c1-17-14-21(9-13-25(17)27)26(18-7-11-24(12-8-18)29(2)3)22-5-4-20-16-23(28)10-6-19(20)15-22/h4-16,28H,1-3H3/b26-22+,28-23?. The van der Waals surface area contributed by atoms with Gasteiger partial charge in [0, 0.05) is 19.8 Å². The van der Waals surface area contributed by atoms with Crippen LogP contribution in [-0.2, 0) is 0 Å². The van der Waals surface area contributed by atoms with Crippen LogP contribution in [0, 0.1) is 18.2 Å². The summed E-state index contributed by atoms with van der Waals surface area (Å²) in [5.74, 6) is -0.197. The Bertz CT molecular complexity index is 1250. The molecule has 0 bridgehead atoms. The van der Waals surface area contributed by atoms with Crippen LogP contribution in [0.2, 0.25) is 0 Å². The van der Waals surface area contributed by atoms with E-state index >= 15 is 0 Å². The molecule has 0 saturated carbocycles. The Balaban J connectivity index is 1.99. The summed E-state index contributed by atoms with van der Waals surface area (Å²) in [7, 11) is 4.04. The van der Waals surface area contributed by atoms with Gasteiger partial charge in [-0.05, 0) is 87.7 Å². The van der Waals surface area contributed by atoms with Crippen molar-refractivity contribution in [2.75, 3.05) is 19.0 Å². The van der Waals surface area contributed by atoms with Crippen LogP contribution in [0.5, 0.6) is 0 Å². The summed E-state index contributed by atoms with van der Waals surface area (Å²) in [5.41, 5.74) is 6.48. The molecular formula is C26H23FN2. The Morgan fingerprint density at radius 2 is 1.59 bits per heavy atom. The quantitative estimate of drug-likeness (QED) is 0.719. The molecule has 0 unspecified atom stereocenters. The number of fused-ring (bicyclic) bond motifs is 1. The summed E-state index contributed by atoms with van der Waals surface area (Å²) >= 11 is 0. The maximum atomic E-state index is 13.9. The lowest BCUT2D eigenvalue weighted by Gasteiger charge is -2.15. The van der Waals surface area contributed by atoms with E-state index in [0.29, 0.717) is 11.3 Å². The van der Waals surface area contributed by atoms with E-state index in [1.54, 1.807) is 13.0 Å². The molecule has 3 aromatic rings. The van der Waals surface area contributed by atoms with Crippen molar-refractivity contribution in [3.05, 3.63) is 105 Å². The lowest BCUT2D eigenvalue weighted by Crippen LogP contribution is -2.18. The molecular weight excluding hydrogens is 359 g/mol. The molecule has 3 aromatic carbocycles. The van der Waals surface area contributed by atoms with E-state index in [4.69, 9.17) is 5.41 Å². The number of aryl methyl sites for hydroxylation is 1. The average molecular weight is 382 g/mol. The summed E-state index contributed by atoms with van der Waals surface area (Å²) < 4.78 is 13.9. The van der Waals surface area contributed by atoms with Crippen molar-refractivity contribution in [2.24, 2.45) is 0 Å². The van der Waals surface area contributed by atoms with Crippen molar-refractivity contribution in [3.63, 3.8) is 0 Å². The molecule has 29 heavy (non-hydrogen) atoms. The Kier molecular flexibility index (Phi) is 4.89. The third-order valence-electron chi connectivity index (χ3n) is 5.25. The first-order valence-corrected chi connectivity index (χ1v) is 9.59. The highest BCUT2D eigenvalue weighted by molar-refractivity contribution is 6.18. The second kappa shape index (κ2) is 7.51. The van der Waals surface area contributed by atoms with Crippen LogP contribution in [0.4, 0.5) is 10.1 Å². The normalized spacial score (nSPS) is 13.6. The zero-order valence-electron chi connectivity index (χ0n) is 16.8. The number of nitrogens with one attached hydrogen (secondary N) is 1. The van der Waals surface area contributed by atoms with Crippen LogP contribution < -0.4 is 15.3 Å². The Morgan fingerprint density at radius 3 is 2.28 bits per heavy atom. The Labute approximate surface area is 170 Å². The Morgan fingerprint density at radius 1 is 0.862 bits per heavy atom. The van der Waals surface area contributed by atoms with Gasteiger partial charge in [-0.25, -0.2) is 4.39 Å². The maximum Gasteiger partial charge on any atom is 0.126 e. The fourth-order valence-corrected chi connectivity index (χ4v) is 3.63. The van der Waals surface area contributed by atoms with Crippen molar-refractivity contribution in [1.82, 2.24) is 0 Å². The molecule has 0 aliphatic heterocycles. The fraction of sp³-hybridized carbons (Fsp3) is 0.115. The number of benzene rings is 3. The highest BCUT2D eigenvalue weighted by atomic mass is 19.1. The summed E-state index contributed by atoms with van der Waals surface area (Å²) in [5, 5.41) is 9.95. The zero-order chi connectivity index (χ0) is 20.5. The van der Waals surface area contributed by atoms with Gasteiger partial charge in [-0.1, -0.05) is 36.4 Å². The molecule has 3 heteroatoms. The summed E-state index contributed by atoms with van der Waals surface area (Å²) in [4.78, 5) is 2.07. The van der Waals surface area contributed by atoms with Crippen molar-refractivity contribution < 1.29 is 4.39 Å². The van der Waals surface area contributed by atoms with Gasteiger partial charge in [0.1, 0.15) is 5.82 Å². The largest absolute Gasteiger partial charge is 0.378 e. The molecule has 0 fully saturated rings. The van der Waals surface area contributed by atoms with Gasteiger partial charge in [-0.3, -0.25) is 0 Å². The molecule has 0 heterocycles. The van der Waals surface area contributed by atoms with Gasteiger partial charge >= 0.3 is 0 Å². The van der Waals surface area contributed by atoms with Gasteiger partial charge in [-0.2, -0.15) is 0 Å². The van der Waals surface area contributed by atoms with Crippen molar-refractivity contribution in [1.29, 1.82) is 5.41 Å². The molecule has 0 amide bonds. The van der Waals surface area contributed by atoms with Crippen molar-refractivity contribution in [2.45, 2.75) is 6.92 Å². The lowest BCUT2D eigenvalue weighted by molar-refractivity contribution is 0.618. The molecule has 0 atom stereocenters. The first-order chi connectivity index (χ1) is 13.9. The summed E-state index contributed by atoms with van der Waals surface area (Å²) in [6, 6.07) is 20.0. The minimum atomic E-state index is -0.197. The summed E-state index contributed by atoms with van der Waals surface area (Å²) in [6.07, 6.45) is 5.65. The van der Waals surface area contributed by atoms with Gasteiger partial charge in [0.15, 0.2) is 0 Å². The van der Waals surface area contributed by atoms with E-state index in [1.807, 2.05) is 44.4 Å². The molecule has 0 spiro atoms. The number of allylic oxidation sites excluding steroid dienone is 1. The van der Waals surface area contributed by atoms with Crippen LogP contribution in [0.15, 0.2) is 66.7 Å². The first-order valence-electron chi connectivity index (χ1n) is 9.59. The second-order valence-corrected chi connectivity index (χ2v) is 7.56. The van der Waals surface area contributed by atoms with Gasteiger partial charge in [-0.15, -0.1) is 0 Å². The van der Waals surface area contributed by atoms with Crippen LogP contribution in [0.3, 0.4) is 0 Å². The predicted molar refractivity (Wildman–Crippen MR) is 120 cm³/mol. The maximum absolute atomic E-state index is 13.9. The first kappa shape index (κ1) is 18.9. The number of rotatable bonds is 3. The molecule has 1 N–H and O–H groups in total. The molecule has 0 aromatic heterocycles. The van der Waals surface area contributed by atoms with Gasteiger partial charge in [0.2, 0.25) is 0 Å². The number of anilines is 1. The van der Waals surface area contributed by atoms with Gasteiger partial charge < -0.3 is 10.3 Å². The van der Waals surface area contributed by atoms with Crippen LogP contribution in [0.25, 0.3) is 17.7 Å². The van der Waals surface area contributed by atoms with Crippen LogP contribution in [0.1, 0.15) is 22.3 Å². The Hall–Kier alpha value is -3.46. The predicted octanol–water partition coefficient (Wildman–Crippen LogP) is 4.27. The topological polar surface area (TPSA) is 27.1 Å². The summed E-state index contributed by atoms with van der Waals surface area (Å²) in [6.45, 7) is 1.79. The average Bonchev–Trinajstić information content (AvgIpc) is 2.71. The van der Waals surface area contributed by atoms with Crippen LogP contribution >= 0.6 is 0 Å². The molecule has 4 rings (SSSR count). The second-order valence-electron chi connectivity index (χ2n) is 7.56. The van der Waals surface area contributed by atoms with Crippen molar-refractivity contribution in [3.8, 4) is 0 Å². The number of nitrogens with zero attached hydrogens (tertiary/aromatic N) is 1. The zero-order valence-corrected chi connectivity index (χ0v) is 16.8. The van der Waals surface area contributed by atoms with E-state index in [1.165, 1.54) is 6.07 Å². The van der Waals surface area contributed by atoms with Gasteiger partial charge in [0.25, 0.3) is 0 Å². The minimum Gasteiger partial charge on any atom is -0.378 e. The fourth-order valence-electron chi connectivity index (χ4n) is 3.63. The van der Waals surface area contributed by atoms with E-state index in [2.05, 4.69) is 41.3 Å². The number of hydrogen-bond donors (Lipinski definition) is 1. The minimum absolute atomic E-state index is 0.197. The van der Waals surface area contributed by atoms with Crippen LogP contribution in [-0.4, -0.2) is 19.8 Å². The van der Waals surface area contributed by atoms with E-state index in [0.717, 1.165) is 38.4 Å². The molecule has 0 radical (unpaired) electrons. The third kappa shape index (κ3) is 3.77. The smallest absolute Gasteiger partial charge is 0.126 e.